The number of carbonyl (C=O) groups is 3. The van der Waals surface area contributed by atoms with Crippen LogP contribution >= 0.6 is 27.5 Å². The first kappa shape index (κ1) is 23.7. The van der Waals surface area contributed by atoms with Gasteiger partial charge in [0.05, 0.1) is 5.69 Å². The molecule has 6 nitrogen and oxygen atoms in total. The summed E-state index contributed by atoms with van der Waals surface area (Å²) in [6, 6.07) is 17.7. The van der Waals surface area contributed by atoms with Crippen LogP contribution in [0.4, 0.5) is 17.1 Å². The zero-order valence-electron chi connectivity index (χ0n) is 18.7. The third-order valence-electron chi connectivity index (χ3n) is 5.52. The average molecular weight is 539 g/mol. The first-order chi connectivity index (χ1) is 16.2. The van der Waals surface area contributed by atoms with E-state index in [1.807, 2.05) is 51.1 Å². The highest BCUT2D eigenvalue weighted by molar-refractivity contribution is 9.10. The number of halogens is 2. The van der Waals surface area contributed by atoms with Gasteiger partial charge in [-0.15, -0.1) is 0 Å². The minimum atomic E-state index is -0.602. The zero-order valence-corrected chi connectivity index (χ0v) is 21.0. The molecule has 34 heavy (non-hydrogen) atoms. The molecule has 1 aliphatic heterocycles. The van der Waals surface area contributed by atoms with E-state index in [9.17, 15) is 14.4 Å². The van der Waals surface area contributed by atoms with Crippen LogP contribution in [0.25, 0.3) is 0 Å². The first-order valence-corrected chi connectivity index (χ1v) is 11.6. The van der Waals surface area contributed by atoms with E-state index in [2.05, 4.69) is 26.6 Å². The number of carbonyl (C=O) groups excluding carboxylic acids is 3. The van der Waals surface area contributed by atoms with E-state index in [1.54, 1.807) is 30.3 Å². The van der Waals surface area contributed by atoms with Gasteiger partial charge in [0.25, 0.3) is 17.7 Å². The molecule has 3 amide bonds. The van der Waals surface area contributed by atoms with Crippen LogP contribution in [0, 0.1) is 20.8 Å². The number of nitrogens with one attached hydrogen (secondary N) is 2. The second-order valence-corrected chi connectivity index (χ2v) is 9.33. The van der Waals surface area contributed by atoms with E-state index in [0.717, 1.165) is 26.1 Å². The molecule has 0 bridgehead atoms. The fourth-order valence-corrected chi connectivity index (χ4v) is 4.22. The van der Waals surface area contributed by atoms with Crippen molar-refractivity contribution in [3.8, 4) is 0 Å². The lowest BCUT2D eigenvalue weighted by molar-refractivity contribution is -0.120. The number of imide groups is 1. The minimum Gasteiger partial charge on any atom is -0.349 e. The van der Waals surface area contributed by atoms with Crippen molar-refractivity contribution in [2.45, 2.75) is 20.8 Å². The maximum Gasteiger partial charge on any atom is 0.283 e. The number of rotatable bonds is 5. The Morgan fingerprint density at radius 1 is 0.853 bits per heavy atom. The Bertz CT molecular complexity index is 1370. The molecule has 0 atom stereocenters. The van der Waals surface area contributed by atoms with Crippen LogP contribution in [0.1, 0.15) is 27.0 Å². The predicted octanol–water partition coefficient (Wildman–Crippen LogP) is 6.06. The Labute approximate surface area is 210 Å². The van der Waals surface area contributed by atoms with Crippen molar-refractivity contribution in [3.63, 3.8) is 0 Å². The summed E-state index contributed by atoms with van der Waals surface area (Å²) in [4.78, 5) is 39.7. The van der Waals surface area contributed by atoms with Gasteiger partial charge in [0.2, 0.25) is 0 Å². The van der Waals surface area contributed by atoms with E-state index in [4.69, 9.17) is 11.6 Å². The maximum atomic E-state index is 13.1. The molecular formula is C26H21BrClN3O3. The molecule has 2 N–H and O–H groups in total. The molecule has 0 radical (unpaired) electrons. The lowest BCUT2D eigenvalue weighted by Gasteiger charge is -2.16. The van der Waals surface area contributed by atoms with Crippen molar-refractivity contribution in [1.29, 1.82) is 0 Å². The summed E-state index contributed by atoms with van der Waals surface area (Å²) in [5, 5.41) is 5.67. The van der Waals surface area contributed by atoms with Crippen LogP contribution in [0.2, 0.25) is 0 Å². The van der Waals surface area contributed by atoms with Crippen LogP contribution in [-0.4, -0.2) is 17.7 Å². The van der Waals surface area contributed by atoms with Crippen molar-refractivity contribution in [3.05, 3.63) is 98.1 Å². The third-order valence-corrected chi connectivity index (χ3v) is 6.36. The standard InChI is InChI=1S/C26H21BrClN3O3/c1-14-4-9-19(10-5-14)31-25(33)22(28)23(26(31)34)29-21-13-17(7-6-15(21)2)24(32)30-20-11-8-18(27)12-16(20)3/h4-13,29H,1-3H3,(H,30,32). The lowest BCUT2D eigenvalue weighted by Crippen LogP contribution is -2.32. The molecule has 0 saturated heterocycles. The molecular weight excluding hydrogens is 518 g/mol. The van der Waals surface area contributed by atoms with Gasteiger partial charge in [-0.3, -0.25) is 14.4 Å². The van der Waals surface area contributed by atoms with Gasteiger partial charge in [-0.25, -0.2) is 4.90 Å². The van der Waals surface area contributed by atoms with Crippen LogP contribution in [0.15, 0.2) is 75.9 Å². The van der Waals surface area contributed by atoms with Gasteiger partial charge in [0, 0.05) is 21.4 Å². The molecule has 3 aromatic rings. The van der Waals surface area contributed by atoms with Crippen molar-refractivity contribution >= 4 is 62.3 Å². The van der Waals surface area contributed by atoms with E-state index in [1.165, 1.54) is 0 Å². The van der Waals surface area contributed by atoms with Crippen LogP contribution in [0.5, 0.6) is 0 Å². The Balaban J connectivity index is 1.58. The summed E-state index contributed by atoms with van der Waals surface area (Å²) in [6.45, 7) is 5.65. The number of amides is 3. The molecule has 0 saturated carbocycles. The number of anilines is 3. The van der Waals surface area contributed by atoms with E-state index in [-0.39, 0.29) is 16.6 Å². The number of benzene rings is 3. The summed E-state index contributed by atoms with van der Waals surface area (Å²) < 4.78 is 0.922. The van der Waals surface area contributed by atoms with E-state index >= 15 is 0 Å². The predicted molar refractivity (Wildman–Crippen MR) is 138 cm³/mol. The van der Waals surface area contributed by atoms with Crippen molar-refractivity contribution in [2.24, 2.45) is 0 Å². The molecule has 1 heterocycles. The largest absolute Gasteiger partial charge is 0.349 e. The van der Waals surface area contributed by atoms with Crippen LogP contribution in [0.3, 0.4) is 0 Å². The minimum absolute atomic E-state index is 0.0309. The molecule has 0 aromatic heterocycles. The topological polar surface area (TPSA) is 78.5 Å². The Kier molecular flexibility index (Phi) is 6.59. The summed E-state index contributed by atoms with van der Waals surface area (Å²) >= 11 is 9.68. The SMILES string of the molecule is Cc1ccc(N2C(=O)C(Cl)=C(Nc3cc(C(=O)Nc4ccc(Br)cc4C)ccc3C)C2=O)cc1. The zero-order chi connectivity index (χ0) is 24.6. The second kappa shape index (κ2) is 9.44. The highest BCUT2D eigenvalue weighted by Gasteiger charge is 2.39. The monoisotopic (exact) mass is 537 g/mol. The third kappa shape index (κ3) is 4.62. The maximum absolute atomic E-state index is 13.1. The number of hydrogen-bond donors (Lipinski definition) is 2. The van der Waals surface area contributed by atoms with Crippen LogP contribution < -0.4 is 15.5 Å². The summed E-state index contributed by atoms with van der Waals surface area (Å²) in [5.41, 5.74) is 4.68. The Hall–Kier alpha value is -3.42. The van der Waals surface area contributed by atoms with Gasteiger partial charge in [-0.05, 0) is 74.4 Å². The van der Waals surface area contributed by atoms with Gasteiger partial charge in [0.1, 0.15) is 10.7 Å². The first-order valence-electron chi connectivity index (χ1n) is 10.5. The highest BCUT2D eigenvalue weighted by Crippen LogP contribution is 2.31. The van der Waals surface area contributed by atoms with Gasteiger partial charge in [-0.2, -0.15) is 0 Å². The number of hydrogen-bond acceptors (Lipinski definition) is 4. The highest BCUT2D eigenvalue weighted by atomic mass is 79.9. The molecule has 0 spiro atoms. The summed E-state index contributed by atoms with van der Waals surface area (Å²) in [6.07, 6.45) is 0. The Morgan fingerprint density at radius 2 is 1.56 bits per heavy atom. The van der Waals surface area contributed by atoms with Gasteiger partial charge < -0.3 is 10.6 Å². The van der Waals surface area contributed by atoms with Crippen molar-refractivity contribution in [1.82, 2.24) is 0 Å². The molecule has 3 aromatic carbocycles. The molecule has 4 rings (SSSR count). The molecule has 8 heteroatoms. The molecule has 0 aliphatic carbocycles. The normalized spacial score (nSPS) is 13.5. The number of aryl methyl sites for hydroxylation is 3. The molecule has 0 fully saturated rings. The van der Waals surface area contributed by atoms with Gasteiger partial charge >= 0.3 is 0 Å². The van der Waals surface area contributed by atoms with Gasteiger partial charge in [0.15, 0.2) is 0 Å². The number of nitrogens with zero attached hydrogens (tertiary/aromatic N) is 1. The summed E-state index contributed by atoms with van der Waals surface area (Å²) in [7, 11) is 0. The van der Waals surface area contributed by atoms with Crippen LogP contribution in [-0.2, 0) is 9.59 Å². The summed E-state index contributed by atoms with van der Waals surface area (Å²) in [5.74, 6) is -1.46. The fourth-order valence-electron chi connectivity index (χ4n) is 3.53. The molecule has 1 aliphatic rings. The Morgan fingerprint density at radius 3 is 2.24 bits per heavy atom. The average Bonchev–Trinajstić information content (AvgIpc) is 3.01. The lowest BCUT2D eigenvalue weighted by atomic mass is 10.1. The van der Waals surface area contributed by atoms with E-state index < -0.39 is 11.8 Å². The second-order valence-electron chi connectivity index (χ2n) is 8.04. The fraction of sp³-hybridized carbons (Fsp3) is 0.115. The van der Waals surface area contributed by atoms with Crippen molar-refractivity contribution < 1.29 is 14.4 Å². The van der Waals surface area contributed by atoms with Gasteiger partial charge in [-0.1, -0.05) is 51.3 Å². The van der Waals surface area contributed by atoms with E-state index in [0.29, 0.717) is 22.6 Å². The molecule has 0 unspecified atom stereocenters. The van der Waals surface area contributed by atoms with Crippen molar-refractivity contribution in [2.75, 3.05) is 15.5 Å². The quantitative estimate of drug-likeness (QED) is 0.387. The molecule has 172 valence electrons. The smallest absolute Gasteiger partial charge is 0.283 e.